The van der Waals surface area contributed by atoms with Crippen LogP contribution < -0.4 is 21.9 Å². The summed E-state index contributed by atoms with van der Waals surface area (Å²) in [7, 11) is 0. The predicted octanol–water partition coefficient (Wildman–Crippen LogP) is -1.52. The topological polar surface area (TPSA) is 79.2 Å². The molecule has 0 aromatic carbocycles. The second kappa shape index (κ2) is 2.65. The molecule has 1 atom stereocenters. The number of hydrogen-bond donors (Lipinski definition) is 4. The first-order valence-electron chi connectivity index (χ1n) is 2.83. The first-order chi connectivity index (χ1) is 4.33. The number of hydrogen-bond acceptors (Lipinski definition) is 3. The van der Waals surface area contributed by atoms with Crippen molar-refractivity contribution in [2.45, 2.75) is 12.6 Å². The van der Waals surface area contributed by atoms with E-state index in [4.69, 9.17) is 5.84 Å². The zero-order valence-electron chi connectivity index (χ0n) is 4.98. The smallest absolute Gasteiger partial charge is 0.316 e. The molecule has 0 bridgehead atoms. The summed E-state index contributed by atoms with van der Waals surface area (Å²) in [6, 6.07) is -0.163. The molecule has 1 aliphatic rings. The fraction of sp³-hybridized carbons (Fsp3) is 0.750. The summed E-state index contributed by atoms with van der Waals surface area (Å²) in [5, 5.41) is 5.18. The van der Waals surface area contributed by atoms with Gasteiger partial charge in [-0.25, -0.2) is 10.2 Å². The van der Waals surface area contributed by atoms with Crippen LogP contribution in [0.5, 0.6) is 0 Å². The summed E-state index contributed by atoms with van der Waals surface area (Å²) in [4.78, 5) is 10.5. The van der Waals surface area contributed by atoms with E-state index in [1.807, 2.05) is 0 Å². The van der Waals surface area contributed by atoms with E-state index in [-0.39, 0.29) is 12.2 Å². The molecule has 1 fully saturated rings. The summed E-state index contributed by atoms with van der Waals surface area (Å²) in [5.41, 5.74) is 2.46. The fourth-order valence-corrected chi connectivity index (χ4v) is 0.736. The van der Waals surface area contributed by atoms with E-state index < -0.39 is 0 Å². The molecule has 1 rings (SSSR count). The van der Waals surface area contributed by atoms with Crippen molar-refractivity contribution in [3.63, 3.8) is 0 Å². The van der Waals surface area contributed by atoms with Gasteiger partial charge in [-0.05, 0) is 6.42 Å². The summed E-state index contributed by atoms with van der Waals surface area (Å²) in [5.74, 6) is 5.07. The monoisotopic (exact) mass is 130 g/mol. The van der Waals surface area contributed by atoms with Gasteiger partial charge >= 0.3 is 6.03 Å². The Hall–Kier alpha value is -0.810. The van der Waals surface area contributed by atoms with Crippen LogP contribution in [0.25, 0.3) is 0 Å². The Morgan fingerprint density at radius 3 is 3.00 bits per heavy atom. The van der Waals surface area contributed by atoms with Crippen LogP contribution in [0.2, 0.25) is 0 Å². The van der Waals surface area contributed by atoms with Gasteiger partial charge in [-0.2, -0.15) is 0 Å². The van der Waals surface area contributed by atoms with Crippen molar-refractivity contribution in [3.05, 3.63) is 0 Å². The third kappa shape index (κ3) is 1.55. The summed E-state index contributed by atoms with van der Waals surface area (Å²) >= 11 is 0. The Labute approximate surface area is 52.9 Å². The second-order valence-corrected chi connectivity index (χ2v) is 1.91. The van der Waals surface area contributed by atoms with Crippen LogP contribution in [0.15, 0.2) is 0 Å². The lowest BCUT2D eigenvalue weighted by atomic mass is 10.3. The quantitative estimate of drug-likeness (QED) is 0.257. The lowest BCUT2D eigenvalue weighted by Crippen LogP contribution is -2.57. The molecule has 0 aromatic rings. The fourth-order valence-electron chi connectivity index (χ4n) is 0.736. The van der Waals surface area contributed by atoms with Crippen molar-refractivity contribution in [1.82, 2.24) is 16.1 Å². The van der Waals surface area contributed by atoms with Crippen molar-refractivity contribution in [1.29, 1.82) is 0 Å². The van der Waals surface area contributed by atoms with Crippen molar-refractivity contribution in [3.8, 4) is 0 Å². The highest BCUT2D eigenvalue weighted by Crippen LogP contribution is 1.88. The molecule has 0 radical (unpaired) electrons. The standard InChI is InChI=1S/C4H10N4O/c5-8-3-1-2-6-4(9)7-3/h3,8H,1-2,5H2,(H2,6,7,9). The zero-order chi connectivity index (χ0) is 6.69. The Bertz CT molecular complexity index is 115. The van der Waals surface area contributed by atoms with Gasteiger partial charge in [0, 0.05) is 6.54 Å². The molecular weight excluding hydrogens is 120 g/mol. The second-order valence-electron chi connectivity index (χ2n) is 1.91. The molecule has 52 valence electrons. The number of carbonyl (C=O) groups excluding carboxylic acids is 1. The Morgan fingerprint density at radius 2 is 2.56 bits per heavy atom. The molecule has 0 spiro atoms. The van der Waals surface area contributed by atoms with Crippen LogP contribution in [-0.4, -0.2) is 18.7 Å². The van der Waals surface area contributed by atoms with Gasteiger partial charge in [0.05, 0.1) is 6.17 Å². The number of nitrogens with two attached hydrogens (primary N) is 1. The third-order valence-corrected chi connectivity index (χ3v) is 1.23. The van der Waals surface area contributed by atoms with Crippen LogP contribution >= 0.6 is 0 Å². The van der Waals surface area contributed by atoms with Crippen molar-refractivity contribution in [2.75, 3.05) is 6.54 Å². The number of carbonyl (C=O) groups is 1. The van der Waals surface area contributed by atoms with Crippen LogP contribution in [0.3, 0.4) is 0 Å². The van der Waals surface area contributed by atoms with Crippen molar-refractivity contribution < 1.29 is 4.79 Å². The van der Waals surface area contributed by atoms with Gasteiger partial charge in [0.1, 0.15) is 0 Å². The minimum Gasteiger partial charge on any atom is -0.338 e. The number of amides is 2. The highest BCUT2D eigenvalue weighted by atomic mass is 16.2. The van der Waals surface area contributed by atoms with E-state index in [1.165, 1.54) is 0 Å². The van der Waals surface area contributed by atoms with Gasteiger partial charge in [0.15, 0.2) is 0 Å². The highest BCUT2D eigenvalue weighted by Gasteiger charge is 2.14. The Kier molecular flexibility index (Phi) is 1.86. The average molecular weight is 130 g/mol. The molecule has 2 amide bonds. The average Bonchev–Trinajstić information content (AvgIpc) is 1.88. The maximum Gasteiger partial charge on any atom is 0.316 e. The van der Waals surface area contributed by atoms with Gasteiger partial charge < -0.3 is 10.6 Å². The molecule has 5 N–H and O–H groups in total. The SMILES string of the molecule is NNC1CCNC(=O)N1. The molecule has 5 nitrogen and oxygen atoms in total. The van der Waals surface area contributed by atoms with Gasteiger partial charge in [0.25, 0.3) is 0 Å². The number of urea groups is 1. The van der Waals surface area contributed by atoms with Crippen molar-refractivity contribution >= 4 is 6.03 Å². The minimum absolute atomic E-state index is 0.0706. The van der Waals surface area contributed by atoms with E-state index in [2.05, 4.69) is 16.1 Å². The van der Waals surface area contributed by atoms with Crippen LogP contribution in [0, 0.1) is 0 Å². The minimum atomic E-state index is -0.163. The maximum atomic E-state index is 10.5. The summed E-state index contributed by atoms with van der Waals surface area (Å²) in [6.45, 7) is 0.681. The van der Waals surface area contributed by atoms with Gasteiger partial charge in [-0.3, -0.25) is 5.84 Å². The molecule has 1 aliphatic heterocycles. The first kappa shape index (κ1) is 6.31. The Morgan fingerprint density at radius 1 is 1.78 bits per heavy atom. The maximum absolute atomic E-state index is 10.5. The lowest BCUT2D eigenvalue weighted by molar-refractivity contribution is 0.224. The molecule has 1 unspecified atom stereocenters. The first-order valence-corrected chi connectivity index (χ1v) is 2.83. The lowest BCUT2D eigenvalue weighted by Gasteiger charge is -2.22. The van der Waals surface area contributed by atoms with Crippen LogP contribution in [0.1, 0.15) is 6.42 Å². The molecule has 0 saturated carbocycles. The molecular formula is C4H10N4O. The number of hydrazine groups is 1. The molecule has 1 saturated heterocycles. The summed E-state index contributed by atoms with van der Waals surface area (Å²) in [6.07, 6.45) is 0.751. The normalized spacial score (nSPS) is 26.8. The van der Waals surface area contributed by atoms with E-state index >= 15 is 0 Å². The Balaban J connectivity index is 2.32. The van der Waals surface area contributed by atoms with Crippen LogP contribution in [0.4, 0.5) is 4.79 Å². The van der Waals surface area contributed by atoms with E-state index in [9.17, 15) is 4.79 Å². The number of rotatable bonds is 1. The highest BCUT2D eigenvalue weighted by molar-refractivity contribution is 5.74. The summed E-state index contributed by atoms with van der Waals surface area (Å²) < 4.78 is 0. The largest absolute Gasteiger partial charge is 0.338 e. The van der Waals surface area contributed by atoms with Gasteiger partial charge in [-0.15, -0.1) is 0 Å². The van der Waals surface area contributed by atoms with E-state index in [0.717, 1.165) is 6.42 Å². The zero-order valence-corrected chi connectivity index (χ0v) is 4.98. The van der Waals surface area contributed by atoms with Gasteiger partial charge in [0.2, 0.25) is 0 Å². The molecule has 0 aromatic heterocycles. The van der Waals surface area contributed by atoms with E-state index in [1.54, 1.807) is 0 Å². The molecule has 1 heterocycles. The molecule has 0 aliphatic carbocycles. The van der Waals surface area contributed by atoms with Crippen LogP contribution in [-0.2, 0) is 0 Å². The third-order valence-electron chi connectivity index (χ3n) is 1.23. The van der Waals surface area contributed by atoms with Gasteiger partial charge in [-0.1, -0.05) is 0 Å². The molecule has 9 heavy (non-hydrogen) atoms. The predicted molar refractivity (Wildman–Crippen MR) is 32.3 cm³/mol. The van der Waals surface area contributed by atoms with E-state index in [0.29, 0.717) is 6.54 Å². The number of nitrogens with one attached hydrogen (secondary N) is 3. The molecule has 5 heteroatoms. The van der Waals surface area contributed by atoms with Crippen molar-refractivity contribution in [2.24, 2.45) is 5.84 Å².